The van der Waals surface area contributed by atoms with Crippen LogP contribution in [-0.2, 0) is 11.3 Å². The third kappa shape index (κ3) is 4.77. The SMILES string of the molecule is Cc1ccc(-c2cc(NC(=O)C[NH+](C)Cc3cccc(F)c3)on2)cc1. The quantitative estimate of drug-likeness (QED) is 0.715. The summed E-state index contributed by atoms with van der Waals surface area (Å²) in [7, 11) is 1.88. The van der Waals surface area contributed by atoms with E-state index in [2.05, 4.69) is 10.5 Å². The molecule has 1 heterocycles. The predicted octanol–water partition coefficient (Wildman–Crippen LogP) is 2.44. The predicted molar refractivity (Wildman–Crippen MR) is 97.2 cm³/mol. The van der Waals surface area contributed by atoms with E-state index in [-0.39, 0.29) is 18.3 Å². The maximum Gasteiger partial charge on any atom is 0.281 e. The Balaban J connectivity index is 1.55. The van der Waals surface area contributed by atoms with Crippen molar-refractivity contribution in [3.63, 3.8) is 0 Å². The number of carbonyl (C=O) groups excluding carboxylic acids is 1. The average Bonchev–Trinajstić information content (AvgIpc) is 3.03. The van der Waals surface area contributed by atoms with Crippen LogP contribution in [0, 0.1) is 12.7 Å². The van der Waals surface area contributed by atoms with Gasteiger partial charge in [0.1, 0.15) is 18.1 Å². The van der Waals surface area contributed by atoms with E-state index in [1.807, 2.05) is 44.3 Å². The highest BCUT2D eigenvalue weighted by molar-refractivity contribution is 5.90. The molecule has 1 aromatic heterocycles. The molecular formula is C20H21FN3O2+. The minimum atomic E-state index is -0.273. The number of anilines is 1. The van der Waals surface area contributed by atoms with Gasteiger partial charge < -0.3 is 9.42 Å². The van der Waals surface area contributed by atoms with Crippen LogP contribution >= 0.6 is 0 Å². The number of benzene rings is 2. The molecule has 1 unspecified atom stereocenters. The average molecular weight is 354 g/mol. The Labute approximate surface area is 151 Å². The fourth-order valence-corrected chi connectivity index (χ4v) is 2.71. The van der Waals surface area contributed by atoms with Gasteiger partial charge in [0.2, 0.25) is 5.88 Å². The molecule has 0 aliphatic rings. The summed E-state index contributed by atoms with van der Waals surface area (Å²) in [4.78, 5) is 13.1. The number of nitrogens with zero attached hydrogens (tertiary/aromatic N) is 1. The Morgan fingerprint density at radius 2 is 1.96 bits per heavy atom. The highest BCUT2D eigenvalue weighted by Crippen LogP contribution is 2.21. The van der Waals surface area contributed by atoms with Gasteiger partial charge in [-0.15, -0.1) is 0 Å². The normalized spacial score (nSPS) is 12.0. The van der Waals surface area contributed by atoms with Crippen molar-refractivity contribution in [2.75, 3.05) is 18.9 Å². The van der Waals surface area contributed by atoms with E-state index in [9.17, 15) is 9.18 Å². The molecule has 3 rings (SSSR count). The first-order chi connectivity index (χ1) is 12.5. The number of carbonyl (C=O) groups is 1. The van der Waals surface area contributed by atoms with Gasteiger partial charge in [0, 0.05) is 17.2 Å². The number of likely N-dealkylation sites (N-methyl/N-ethyl adjacent to an activating group) is 1. The third-order valence-electron chi connectivity index (χ3n) is 3.98. The first-order valence-corrected chi connectivity index (χ1v) is 8.39. The summed E-state index contributed by atoms with van der Waals surface area (Å²) in [6.07, 6.45) is 0. The van der Waals surface area contributed by atoms with E-state index >= 15 is 0 Å². The number of quaternary nitrogens is 1. The zero-order valence-electron chi connectivity index (χ0n) is 14.8. The second kappa shape index (κ2) is 7.93. The van der Waals surface area contributed by atoms with Gasteiger partial charge in [0.15, 0.2) is 6.54 Å². The molecule has 0 aliphatic heterocycles. The van der Waals surface area contributed by atoms with E-state index in [4.69, 9.17) is 4.52 Å². The van der Waals surface area contributed by atoms with Crippen LogP contribution in [0.1, 0.15) is 11.1 Å². The largest absolute Gasteiger partial charge is 0.338 e. The van der Waals surface area contributed by atoms with E-state index in [1.54, 1.807) is 12.1 Å². The Bertz CT molecular complexity index is 890. The molecule has 0 radical (unpaired) electrons. The third-order valence-corrected chi connectivity index (χ3v) is 3.98. The Morgan fingerprint density at radius 1 is 1.19 bits per heavy atom. The minimum Gasteiger partial charge on any atom is -0.338 e. The maximum absolute atomic E-state index is 13.2. The fraction of sp³-hybridized carbons (Fsp3) is 0.200. The van der Waals surface area contributed by atoms with Gasteiger partial charge in [-0.1, -0.05) is 47.1 Å². The van der Waals surface area contributed by atoms with Crippen LogP contribution in [0.15, 0.2) is 59.1 Å². The van der Waals surface area contributed by atoms with Crippen molar-refractivity contribution in [2.45, 2.75) is 13.5 Å². The molecule has 6 heteroatoms. The molecule has 0 fully saturated rings. The molecule has 0 aliphatic carbocycles. The number of hydrogen-bond donors (Lipinski definition) is 2. The summed E-state index contributed by atoms with van der Waals surface area (Å²) in [5, 5.41) is 6.70. The molecule has 5 nitrogen and oxygen atoms in total. The summed E-state index contributed by atoms with van der Waals surface area (Å²) in [6.45, 7) is 2.80. The van der Waals surface area contributed by atoms with Gasteiger partial charge in [-0.25, -0.2) is 4.39 Å². The maximum atomic E-state index is 13.2. The summed E-state index contributed by atoms with van der Waals surface area (Å²) in [5.74, 6) is -0.153. The number of nitrogens with one attached hydrogen (secondary N) is 2. The van der Waals surface area contributed by atoms with Crippen molar-refractivity contribution in [1.29, 1.82) is 0 Å². The molecule has 1 amide bonds. The lowest BCUT2D eigenvalue weighted by Crippen LogP contribution is -3.08. The van der Waals surface area contributed by atoms with Crippen molar-refractivity contribution in [1.82, 2.24) is 5.16 Å². The Kier molecular flexibility index (Phi) is 5.43. The first kappa shape index (κ1) is 17.8. The smallest absolute Gasteiger partial charge is 0.281 e. The second-order valence-electron chi connectivity index (χ2n) is 6.43. The van der Waals surface area contributed by atoms with Crippen LogP contribution in [0.5, 0.6) is 0 Å². The lowest BCUT2D eigenvalue weighted by Gasteiger charge is -2.13. The second-order valence-corrected chi connectivity index (χ2v) is 6.43. The van der Waals surface area contributed by atoms with Crippen molar-refractivity contribution in [3.05, 3.63) is 71.5 Å². The summed E-state index contributed by atoms with van der Waals surface area (Å²) < 4.78 is 18.4. The monoisotopic (exact) mass is 354 g/mol. The van der Waals surface area contributed by atoms with Crippen molar-refractivity contribution in [3.8, 4) is 11.3 Å². The first-order valence-electron chi connectivity index (χ1n) is 8.39. The number of aryl methyl sites for hydroxylation is 1. The van der Waals surface area contributed by atoms with Crippen molar-refractivity contribution >= 4 is 11.8 Å². The van der Waals surface area contributed by atoms with Crippen LogP contribution in [0.3, 0.4) is 0 Å². The molecular weight excluding hydrogens is 333 g/mol. The zero-order valence-corrected chi connectivity index (χ0v) is 14.8. The lowest BCUT2D eigenvalue weighted by molar-refractivity contribution is -0.885. The van der Waals surface area contributed by atoms with Crippen LogP contribution in [0.4, 0.5) is 10.3 Å². The molecule has 134 valence electrons. The highest BCUT2D eigenvalue weighted by Gasteiger charge is 2.14. The van der Waals surface area contributed by atoms with E-state index in [1.165, 1.54) is 12.1 Å². The van der Waals surface area contributed by atoms with Crippen LogP contribution in [0.2, 0.25) is 0 Å². The van der Waals surface area contributed by atoms with Gasteiger partial charge in [0.25, 0.3) is 5.91 Å². The van der Waals surface area contributed by atoms with Crippen LogP contribution < -0.4 is 10.2 Å². The van der Waals surface area contributed by atoms with Gasteiger partial charge >= 0.3 is 0 Å². The molecule has 26 heavy (non-hydrogen) atoms. The molecule has 0 saturated carbocycles. The molecule has 0 saturated heterocycles. The van der Waals surface area contributed by atoms with Gasteiger partial charge in [-0.2, -0.15) is 0 Å². The topological polar surface area (TPSA) is 59.6 Å². The lowest BCUT2D eigenvalue weighted by atomic mass is 10.1. The molecule has 0 bridgehead atoms. The van der Waals surface area contributed by atoms with Crippen LogP contribution in [-0.4, -0.2) is 24.7 Å². The number of hydrogen-bond acceptors (Lipinski definition) is 3. The zero-order chi connectivity index (χ0) is 18.5. The van der Waals surface area contributed by atoms with Crippen LogP contribution in [0.25, 0.3) is 11.3 Å². The number of aromatic nitrogens is 1. The van der Waals surface area contributed by atoms with Gasteiger partial charge in [-0.05, 0) is 19.1 Å². The summed E-state index contributed by atoms with van der Waals surface area (Å²) >= 11 is 0. The Hall–Kier alpha value is -2.99. The summed E-state index contributed by atoms with van der Waals surface area (Å²) in [5.41, 5.74) is 3.60. The van der Waals surface area contributed by atoms with E-state index in [0.29, 0.717) is 18.1 Å². The van der Waals surface area contributed by atoms with E-state index in [0.717, 1.165) is 21.6 Å². The molecule has 2 N–H and O–H groups in total. The molecule has 3 aromatic rings. The molecule has 1 atom stereocenters. The number of rotatable bonds is 6. The Morgan fingerprint density at radius 3 is 2.69 bits per heavy atom. The highest BCUT2D eigenvalue weighted by atomic mass is 19.1. The number of amides is 1. The van der Waals surface area contributed by atoms with Gasteiger partial charge in [-0.3, -0.25) is 10.1 Å². The van der Waals surface area contributed by atoms with Crippen molar-refractivity contribution < 1.29 is 18.6 Å². The van der Waals surface area contributed by atoms with E-state index < -0.39 is 0 Å². The molecule has 0 spiro atoms. The fourth-order valence-electron chi connectivity index (χ4n) is 2.71. The van der Waals surface area contributed by atoms with Gasteiger partial charge in [0.05, 0.1) is 7.05 Å². The minimum absolute atomic E-state index is 0.189. The van der Waals surface area contributed by atoms with Crippen molar-refractivity contribution in [2.24, 2.45) is 0 Å². The summed E-state index contributed by atoms with van der Waals surface area (Å²) in [6, 6.07) is 16.0. The molecule has 2 aromatic carbocycles. The standard InChI is InChI=1S/C20H20FN3O2/c1-14-6-8-16(9-7-14)18-11-20(26-23-18)22-19(25)13-24(2)12-15-4-3-5-17(21)10-15/h3-11H,12-13H2,1-2H3,(H,22,25)/p+1. The number of halogens is 1.